The van der Waals surface area contributed by atoms with Crippen molar-refractivity contribution < 1.29 is 13.6 Å². The van der Waals surface area contributed by atoms with E-state index in [2.05, 4.69) is 5.32 Å². The molecule has 0 fully saturated rings. The van der Waals surface area contributed by atoms with Gasteiger partial charge in [-0.25, -0.2) is 8.78 Å². The molecule has 0 aliphatic heterocycles. The van der Waals surface area contributed by atoms with Crippen molar-refractivity contribution in [2.45, 2.75) is 25.8 Å². The molecule has 0 bridgehead atoms. The fraction of sp³-hybridized carbons (Fsp3) is 0.545. The van der Waals surface area contributed by atoms with Gasteiger partial charge in [0.1, 0.15) is 5.69 Å². The summed E-state index contributed by atoms with van der Waals surface area (Å²) in [7, 11) is 0. The van der Waals surface area contributed by atoms with Gasteiger partial charge in [-0.15, -0.1) is 0 Å². The highest BCUT2D eigenvalue weighted by molar-refractivity contribution is 5.92. The fourth-order valence-corrected chi connectivity index (χ4v) is 1.43. The molecule has 1 amide bonds. The molecule has 0 spiro atoms. The average Bonchev–Trinajstić information content (AvgIpc) is 2.75. The zero-order valence-corrected chi connectivity index (χ0v) is 9.75. The van der Waals surface area contributed by atoms with E-state index in [1.807, 2.05) is 6.92 Å². The first kappa shape index (κ1) is 13.6. The Bertz CT molecular complexity index is 377. The minimum Gasteiger partial charge on any atom is -0.345 e. The smallest absolute Gasteiger partial charge is 0.277 e. The van der Waals surface area contributed by atoms with Crippen LogP contribution in [0.15, 0.2) is 18.3 Å². The summed E-state index contributed by atoms with van der Waals surface area (Å²) in [6.07, 6.45) is 2.62. The summed E-state index contributed by atoms with van der Waals surface area (Å²) in [4.78, 5) is 11.7. The zero-order chi connectivity index (χ0) is 12.9. The normalized spacial score (nSPS) is 11.5. The first-order valence-corrected chi connectivity index (χ1v) is 5.51. The Balaban J connectivity index is 2.61. The molecule has 1 aromatic heterocycles. The molecule has 0 saturated carbocycles. The number of carbonyl (C=O) groups is 1. The minimum atomic E-state index is -3.06. The maximum atomic E-state index is 12.9. The number of aryl methyl sites for hydroxylation is 1. The Kier molecular flexibility index (Phi) is 4.62. The Morgan fingerprint density at radius 2 is 2.29 bits per heavy atom. The van der Waals surface area contributed by atoms with Crippen LogP contribution in [0.2, 0.25) is 0 Å². The van der Waals surface area contributed by atoms with E-state index in [1.54, 1.807) is 22.9 Å². The molecule has 0 saturated heterocycles. The third-order valence-corrected chi connectivity index (χ3v) is 2.33. The summed E-state index contributed by atoms with van der Waals surface area (Å²) in [5, 5.41) is 2.19. The topological polar surface area (TPSA) is 60.0 Å². The highest BCUT2D eigenvalue weighted by Gasteiger charge is 2.27. The van der Waals surface area contributed by atoms with Crippen LogP contribution in [-0.2, 0) is 6.54 Å². The number of hydrogen-bond acceptors (Lipinski definition) is 2. The average molecular weight is 245 g/mol. The quantitative estimate of drug-likeness (QED) is 0.791. The standard InChI is InChI=1S/C11H17F2N3O/c1-2-5-16-6-3-4-9(16)10(17)15-8-11(12,13)7-14/h3-4,6H,2,5,7-8,14H2,1H3,(H,15,17). The Morgan fingerprint density at radius 3 is 2.88 bits per heavy atom. The fourth-order valence-electron chi connectivity index (χ4n) is 1.43. The van der Waals surface area contributed by atoms with Crippen molar-refractivity contribution >= 4 is 5.91 Å². The van der Waals surface area contributed by atoms with Crippen molar-refractivity contribution in [3.8, 4) is 0 Å². The second kappa shape index (κ2) is 5.77. The lowest BCUT2D eigenvalue weighted by Gasteiger charge is -2.15. The lowest BCUT2D eigenvalue weighted by molar-refractivity contribution is 0.0117. The van der Waals surface area contributed by atoms with E-state index >= 15 is 0 Å². The number of halogens is 2. The molecule has 96 valence electrons. The molecule has 0 unspecified atom stereocenters. The largest absolute Gasteiger partial charge is 0.345 e. The Hall–Kier alpha value is -1.43. The first-order chi connectivity index (χ1) is 8.00. The van der Waals surface area contributed by atoms with Crippen molar-refractivity contribution in [1.82, 2.24) is 9.88 Å². The minimum absolute atomic E-state index is 0.389. The number of hydrogen-bond donors (Lipinski definition) is 2. The van der Waals surface area contributed by atoms with Gasteiger partial charge in [-0.05, 0) is 18.6 Å². The van der Waals surface area contributed by atoms with Gasteiger partial charge in [-0.2, -0.15) is 0 Å². The van der Waals surface area contributed by atoms with Crippen LogP contribution in [-0.4, -0.2) is 29.5 Å². The van der Waals surface area contributed by atoms with E-state index in [0.29, 0.717) is 12.2 Å². The van der Waals surface area contributed by atoms with Gasteiger partial charge in [0.25, 0.3) is 11.8 Å². The molecule has 1 aromatic rings. The molecule has 0 aliphatic rings. The molecule has 0 radical (unpaired) electrons. The first-order valence-electron chi connectivity index (χ1n) is 5.51. The van der Waals surface area contributed by atoms with Crippen molar-refractivity contribution in [2.24, 2.45) is 5.73 Å². The van der Waals surface area contributed by atoms with Gasteiger partial charge in [0.15, 0.2) is 0 Å². The second-order valence-corrected chi connectivity index (χ2v) is 3.83. The summed E-state index contributed by atoms with van der Waals surface area (Å²) >= 11 is 0. The Labute approximate surface area is 98.8 Å². The van der Waals surface area contributed by atoms with Crippen LogP contribution in [0.1, 0.15) is 23.8 Å². The van der Waals surface area contributed by atoms with Gasteiger partial charge in [-0.1, -0.05) is 6.92 Å². The monoisotopic (exact) mass is 245 g/mol. The molecular formula is C11H17F2N3O. The number of aromatic nitrogens is 1. The van der Waals surface area contributed by atoms with Crippen LogP contribution in [0, 0.1) is 0 Å². The van der Waals surface area contributed by atoms with Gasteiger partial charge < -0.3 is 15.6 Å². The van der Waals surface area contributed by atoms with Gasteiger partial charge in [0.2, 0.25) is 0 Å². The third kappa shape index (κ3) is 3.81. The maximum absolute atomic E-state index is 12.9. The van der Waals surface area contributed by atoms with E-state index in [1.165, 1.54) is 0 Å². The number of rotatable bonds is 6. The summed E-state index contributed by atoms with van der Waals surface area (Å²) in [5.41, 5.74) is 5.27. The zero-order valence-electron chi connectivity index (χ0n) is 9.75. The maximum Gasteiger partial charge on any atom is 0.277 e. The molecule has 3 N–H and O–H groups in total. The van der Waals surface area contributed by atoms with Crippen LogP contribution < -0.4 is 11.1 Å². The second-order valence-electron chi connectivity index (χ2n) is 3.83. The van der Waals surface area contributed by atoms with Gasteiger partial charge in [0, 0.05) is 12.7 Å². The highest BCUT2D eigenvalue weighted by atomic mass is 19.3. The number of carbonyl (C=O) groups excluding carboxylic acids is 1. The summed E-state index contributed by atoms with van der Waals surface area (Å²) in [6, 6.07) is 3.32. The van der Waals surface area contributed by atoms with E-state index in [-0.39, 0.29) is 0 Å². The summed E-state index contributed by atoms with van der Waals surface area (Å²) in [5.74, 6) is -3.56. The molecular weight excluding hydrogens is 228 g/mol. The van der Waals surface area contributed by atoms with Crippen molar-refractivity contribution in [3.63, 3.8) is 0 Å². The molecule has 4 nitrogen and oxygen atoms in total. The summed E-state index contributed by atoms with van der Waals surface area (Å²) in [6.45, 7) is 1.15. The molecule has 0 aromatic carbocycles. The van der Waals surface area contributed by atoms with Crippen LogP contribution in [0.5, 0.6) is 0 Å². The number of amides is 1. The summed E-state index contributed by atoms with van der Waals surface area (Å²) < 4.78 is 27.4. The van der Waals surface area contributed by atoms with Crippen molar-refractivity contribution in [3.05, 3.63) is 24.0 Å². The predicted octanol–water partition coefficient (Wildman–Crippen LogP) is 1.22. The molecule has 17 heavy (non-hydrogen) atoms. The van der Waals surface area contributed by atoms with E-state index in [4.69, 9.17) is 5.73 Å². The molecule has 6 heteroatoms. The lowest BCUT2D eigenvalue weighted by atomic mass is 10.3. The molecule has 0 atom stereocenters. The van der Waals surface area contributed by atoms with Crippen molar-refractivity contribution in [2.75, 3.05) is 13.1 Å². The molecule has 0 aliphatic carbocycles. The number of nitrogens with one attached hydrogen (secondary N) is 1. The third-order valence-electron chi connectivity index (χ3n) is 2.33. The van der Waals surface area contributed by atoms with E-state index in [9.17, 15) is 13.6 Å². The Morgan fingerprint density at radius 1 is 1.59 bits per heavy atom. The van der Waals surface area contributed by atoms with Crippen LogP contribution in [0.25, 0.3) is 0 Å². The van der Waals surface area contributed by atoms with Gasteiger partial charge in [0.05, 0.1) is 13.1 Å². The van der Waals surface area contributed by atoms with Crippen LogP contribution in [0.4, 0.5) is 8.78 Å². The number of nitrogens with zero attached hydrogens (tertiary/aromatic N) is 1. The van der Waals surface area contributed by atoms with Crippen molar-refractivity contribution in [1.29, 1.82) is 0 Å². The van der Waals surface area contributed by atoms with Gasteiger partial charge >= 0.3 is 0 Å². The highest BCUT2D eigenvalue weighted by Crippen LogP contribution is 2.10. The SMILES string of the molecule is CCCn1cccc1C(=O)NCC(F)(F)CN. The number of alkyl halides is 2. The van der Waals surface area contributed by atoms with Crippen LogP contribution >= 0.6 is 0 Å². The van der Waals surface area contributed by atoms with Gasteiger partial charge in [-0.3, -0.25) is 4.79 Å². The predicted molar refractivity (Wildman–Crippen MR) is 61.1 cm³/mol. The molecule has 1 heterocycles. The molecule has 1 rings (SSSR count). The van der Waals surface area contributed by atoms with E-state index in [0.717, 1.165) is 6.42 Å². The number of nitrogens with two attached hydrogens (primary N) is 1. The van der Waals surface area contributed by atoms with Crippen LogP contribution in [0.3, 0.4) is 0 Å². The lowest BCUT2D eigenvalue weighted by Crippen LogP contribution is -2.42. The van der Waals surface area contributed by atoms with E-state index < -0.39 is 24.9 Å².